The lowest BCUT2D eigenvalue weighted by Crippen LogP contribution is -2.22. The summed E-state index contributed by atoms with van der Waals surface area (Å²) in [6.07, 6.45) is 0.117. The van der Waals surface area contributed by atoms with Crippen LogP contribution in [0.1, 0.15) is 43.6 Å². The molecule has 0 bridgehead atoms. The molecule has 2 aromatic carbocycles. The quantitative estimate of drug-likeness (QED) is 0.781. The number of carbonyl (C=O) groups is 1. The highest BCUT2D eigenvalue weighted by Gasteiger charge is 2.10. The molecular formula is C21H28N2O2. The summed E-state index contributed by atoms with van der Waals surface area (Å²) >= 11 is 0. The maximum atomic E-state index is 12.5. The summed E-state index contributed by atoms with van der Waals surface area (Å²) in [5, 5.41) is 2.99. The topological polar surface area (TPSA) is 41.6 Å². The van der Waals surface area contributed by atoms with Crippen molar-refractivity contribution in [3.63, 3.8) is 0 Å². The van der Waals surface area contributed by atoms with Crippen LogP contribution in [0.15, 0.2) is 42.5 Å². The fourth-order valence-corrected chi connectivity index (χ4v) is 2.73. The van der Waals surface area contributed by atoms with E-state index in [0.717, 1.165) is 30.1 Å². The van der Waals surface area contributed by atoms with Gasteiger partial charge >= 0.3 is 0 Å². The van der Waals surface area contributed by atoms with E-state index >= 15 is 0 Å². The Labute approximate surface area is 150 Å². The molecule has 1 N–H and O–H groups in total. The predicted molar refractivity (Wildman–Crippen MR) is 105 cm³/mol. The lowest BCUT2D eigenvalue weighted by atomic mass is 10.1. The average molecular weight is 340 g/mol. The lowest BCUT2D eigenvalue weighted by molar-refractivity contribution is 0.102. The van der Waals surface area contributed by atoms with Gasteiger partial charge in [-0.3, -0.25) is 4.79 Å². The number of nitrogens with zero attached hydrogens (tertiary/aromatic N) is 1. The second-order valence-corrected chi connectivity index (χ2v) is 6.32. The minimum absolute atomic E-state index is 0.116. The molecule has 0 fully saturated rings. The van der Waals surface area contributed by atoms with E-state index in [1.165, 1.54) is 5.69 Å². The number of benzene rings is 2. The second kappa shape index (κ2) is 8.56. The maximum absolute atomic E-state index is 12.5. The van der Waals surface area contributed by atoms with Gasteiger partial charge in [0.1, 0.15) is 5.75 Å². The van der Waals surface area contributed by atoms with Crippen molar-refractivity contribution in [2.24, 2.45) is 0 Å². The first-order valence-corrected chi connectivity index (χ1v) is 8.88. The third kappa shape index (κ3) is 4.99. The third-order valence-corrected chi connectivity index (χ3v) is 4.08. The molecule has 0 heterocycles. The molecule has 4 nitrogen and oxygen atoms in total. The third-order valence-electron chi connectivity index (χ3n) is 4.08. The lowest BCUT2D eigenvalue weighted by Gasteiger charge is -2.22. The first-order chi connectivity index (χ1) is 11.9. The van der Waals surface area contributed by atoms with Crippen molar-refractivity contribution in [2.45, 2.75) is 40.7 Å². The number of carbonyl (C=O) groups excluding carboxylic acids is 1. The van der Waals surface area contributed by atoms with E-state index in [1.54, 1.807) is 12.1 Å². The second-order valence-electron chi connectivity index (χ2n) is 6.32. The Hall–Kier alpha value is -2.49. The van der Waals surface area contributed by atoms with E-state index in [-0.39, 0.29) is 12.0 Å². The molecular weight excluding hydrogens is 312 g/mol. The van der Waals surface area contributed by atoms with Gasteiger partial charge in [-0.2, -0.15) is 0 Å². The van der Waals surface area contributed by atoms with Crippen LogP contribution in [0, 0.1) is 6.92 Å². The first kappa shape index (κ1) is 18.8. The zero-order chi connectivity index (χ0) is 18.4. The van der Waals surface area contributed by atoms with Crippen molar-refractivity contribution in [1.29, 1.82) is 0 Å². The van der Waals surface area contributed by atoms with Crippen LogP contribution in [0.3, 0.4) is 0 Å². The van der Waals surface area contributed by atoms with Crippen LogP contribution < -0.4 is 15.0 Å². The van der Waals surface area contributed by atoms with Gasteiger partial charge in [0.2, 0.25) is 0 Å². The summed E-state index contributed by atoms with van der Waals surface area (Å²) in [6.45, 7) is 12.2. The molecule has 4 heteroatoms. The molecule has 1 amide bonds. The molecule has 0 unspecified atom stereocenters. The van der Waals surface area contributed by atoms with E-state index in [2.05, 4.69) is 36.2 Å². The molecule has 2 rings (SSSR count). The molecule has 0 saturated heterocycles. The van der Waals surface area contributed by atoms with Gasteiger partial charge in [-0.05, 0) is 82.6 Å². The van der Waals surface area contributed by atoms with Gasteiger partial charge in [0, 0.05) is 30.0 Å². The number of ether oxygens (including phenoxy) is 1. The summed E-state index contributed by atoms with van der Waals surface area (Å²) in [7, 11) is 0. The van der Waals surface area contributed by atoms with Gasteiger partial charge in [0.25, 0.3) is 5.91 Å². The SMILES string of the molecule is CCN(CC)c1ccc(NC(=O)c2ccc(OC(C)C)cc2)c(C)c1. The highest BCUT2D eigenvalue weighted by molar-refractivity contribution is 6.04. The number of aryl methyl sites for hydroxylation is 1. The molecule has 0 aromatic heterocycles. The maximum Gasteiger partial charge on any atom is 0.255 e. The van der Waals surface area contributed by atoms with E-state index in [1.807, 2.05) is 39.0 Å². The van der Waals surface area contributed by atoms with Crippen molar-refractivity contribution >= 4 is 17.3 Å². The van der Waals surface area contributed by atoms with Crippen LogP contribution in [0.2, 0.25) is 0 Å². The Morgan fingerprint density at radius 1 is 1.08 bits per heavy atom. The number of hydrogen-bond acceptors (Lipinski definition) is 3. The zero-order valence-corrected chi connectivity index (χ0v) is 15.8. The summed E-state index contributed by atoms with van der Waals surface area (Å²) < 4.78 is 5.61. The van der Waals surface area contributed by atoms with Gasteiger partial charge in [-0.25, -0.2) is 0 Å². The number of hydrogen-bond donors (Lipinski definition) is 1. The molecule has 0 radical (unpaired) electrons. The molecule has 134 valence electrons. The Morgan fingerprint density at radius 2 is 1.72 bits per heavy atom. The number of anilines is 2. The Balaban J connectivity index is 2.09. The molecule has 0 saturated carbocycles. The van der Waals surface area contributed by atoms with Crippen LogP contribution in [0.5, 0.6) is 5.75 Å². The molecule has 25 heavy (non-hydrogen) atoms. The molecule has 0 aliphatic heterocycles. The smallest absolute Gasteiger partial charge is 0.255 e. The van der Waals surface area contributed by atoms with E-state index in [9.17, 15) is 4.79 Å². The Kier molecular flexibility index (Phi) is 6.45. The highest BCUT2D eigenvalue weighted by atomic mass is 16.5. The minimum Gasteiger partial charge on any atom is -0.491 e. The number of rotatable bonds is 7. The standard InChI is InChI=1S/C21H28N2O2/c1-6-23(7-2)18-10-13-20(16(5)14-18)22-21(24)17-8-11-19(12-9-17)25-15(3)4/h8-15H,6-7H2,1-5H3,(H,22,24). The molecule has 0 atom stereocenters. The predicted octanol–water partition coefficient (Wildman–Crippen LogP) is 4.88. The van der Waals surface area contributed by atoms with Gasteiger partial charge in [-0.15, -0.1) is 0 Å². The van der Waals surface area contributed by atoms with Crippen LogP contribution in [0.25, 0.3) is 0 Å². The van der Waals surface area contributed by atoms with Crippen LogP contribution in [0.4, 0.5) is 11.4 Å². The molecule has 0 spiro atoms. The highest BCUT2D eigenvalue weighted by Crippen LogP contribution is 2.23. The average Bonchev–Trinajstić information content (AvgIpc) is 2.58. The largest absolute Gasteiger partial charge is 0.491 e. The Bertz CT molecular complexity index is 704. The van der Waals surface area contributed by atoms with Crippen molar-refractivity contribution < 1.29 is 9.53 Å². The first-order valence-electron chi connectivity index (χ1n) is 8.88. The Morgan fingerprint density at radius 3 is 2.24 bits per heavy atom. The zero-order valence-electron chi connectivity index (χ0n) is 15.8. The number of amides is 1. The van der Waals surface area contributed by atoms with E-state index in [4.69, 9.17) is 4.74 Å². The van der Waals surface area contributed by atoms with Crippen LogP contribution in [-0.2, 0) is 0 Å². The fraction of sp³-hybridized carbons (Fsp3) is 0.381. The fourth-order valence-electron chi connectivity index (χ4n) is 2.73. The van der Waals surface area contributed by atoms with Crippen molar-refractivity contribution in [1.82, 2.24) is 0 Å². The van der Waals surface area contributed by atoms with E-state index in [0.29, 0.717) is 5.56 Å². The van der Waals surface area contributed by atoms with Crippen molar-refractivity contribution in [3.8, 4) is 5.75 Å². The summed E-state index contributed by atoms with van der Waals surface area (Å²) in [4.78, 5) is 14.8. The molecule has 0 aliphatic rings. The van der Waals surface area contributed by atoms with Crippen molar-refractivity contribution in [2.75, 3.05) is 23.3 Å². The van der Waals surface area contributed by atoms with Gasteiger partial charge in [0.15, 0.2) is 0 Å². The van der Waals surface area contributed by atoms with Gasteiger partial charge < -0.3 is 15.0 Å². The minimum atomic E-state index is -0.116. The molecule has 2 aromatic rings. The normalized spacial score (nSPS) is 10.6. The summed E-state index contributed by atoms with van der Waals surface area (Å²) in [5.74, 6) is 0.654. The van der Waals surface area contributed by atoms with Crippen molar-refractivity contribution in [3.05, 3.63) is 53.6 Å². The van der Waals surface area contributed by atoms with Gasteiger partial charge in [-0.1, -0.05) is 0 Å². The van der Waals surface area contributed by atoms with Crippen LogP contribution >= 0.6 is 0 Å². The van der Waals surface area contributed by atoms with Crippen LogP contribution in [-0.4, -0.2) is 25.1 Å². The monoisotopic (exact) mass is 340 g/mol. The number of nitrogens with one attached hydrogen (secondary N) is 1. The summed E-state index contributed by atoms with van der Waals surface area (Å²) in [5.41, 5.74) is 3.68. The van der Waals surface area contributed by atoms with E-state index < -0.39 is 0 Å². The van der Waals surface area contributed by atoms with Gasteiger partial charge in [0.05, 0.1) is 6.10 Å². The molecule has 0 aliphatic carbocycles. The summed E-state index contributed by atoms with van der Waals surface area (Å²) in [6, 6.07) is 13.4.